The number of halogens is 2. The molecule has 2 heterocycles. The second-order valence-electron chi connectivity index (χ2n) is 5.57. The summed E-state index contributed by atoms with van der Waals surface area (Å²) < 4.78 is 38.3. The second kappa shape index (κ2) is 8.59. The molecule has 0 spiro atoms. The molecule has 1 amide bonds. The van der Waals surface area contributed by atoms with Crippen LogP contribution in [0.15, 0.2) is 50.5 Å². The first-order chi connectivity index (χ1) is 12.8. The van der Waals surface area contributed by atoms with Crippen molar-refractivity contribution in [1.29, 1.82) is 0 Å². The number of amides is 1. The molecule has 0 saturated heterocycles. The molecule has 3 rings (SSSR count). The van der Waals surface area contributed by atoms with Crippen molar-refractivity contribution in [3.05, 3.63) is 51.4 Å². The highest BCUT2D eigenvalue weighted by Gasteiger charge is 2.16. The number of anilines is 1. The van der Waals surface area contributed by atoms with Crippen LogP contribution in [0.25, 0.3) is 10.6 Å². The molecule has 0 saturated carbocycles. The predicted molar refractivity (Wildman–Crippen MR) is 109 cm³/mol. The van der Waals surface area contributed by atoms with E-state index in [-0.39, 0.29) is 29.4 Å². The maximum atomic E-state index is 12.9. The molecule has 1 N–H and O–H groups in total. The smallest absolute Gasteiger partial charge is 0.226 e. The number of sulfone groups is 1. The van der Waals surface area contributed by atoms with Crippen LogP contribution in [0.2, 0.25) is 0 Å². The van der Waals surface area contributed by atoms with Gasteiger partial charge >= 0.3 is 0 Å². The Kier molecular flexibility index (Phi) is 6.40. The topological polar surface area (TPSA) is 76.1 Å². The third-order valence-electron chi connectivity index (χ3n) is 3.57. The van der Waals surface area contributed by atoms with Crippen molar-refractivity contribution < 1.29 is 17.6 Å². The number of nitrogens with one attached hydrogen (secondary N) is 1. The molecular weight excluding hydrogens is 475 g/mol. The summed E-state index contributed by atoms with van der Waals surface area (Å²) in [7, 11) is -3.54. The van der Waals surface area contributed by atoms with Gasteiger partial charge in [-0.15, -0.1) is 22.7 Å². The van der Waals surface area contributed by atoms with Gasteiger partial charge in [0.2, 0.25) is 5.91 Å². The summed E-state index contributed by atoms with van der Waals surface area (Å²) in [5.74, 6) is -0.970. The van der Waals surface area contributed by atoms with Gasteiger partial charge in [-0.1, -0.05) is 0 Å². The van der Waals surface area contributed by atoms with Gasteiger partial charge in [-0.2, -0.15) is 0 Å². The SMILES string of the molecule is O=C(CCCS(=O)(=O)c1ccc(F)cc1)Nc1nc(-c2ccc(Br)s2)cs1. The minimum atomic E-state index is -3.54. The molecule has 142 valence electrons. The molecule has 5 nitrogen and oxygen atoms in total. The molecule has 2 aromatic heterocycles. The van der Waals surface area contributed by atoms with Crippen LogP contribution in [0.5, 0.6) is 0 Å². The lowest BCUT2D eigenvalue weighted by atomic mass is 10.3. The first-order valence-electron chi connectivity index (χ1n) is 7.83. The third-order valence-corrected chi connectivity index (χ3v) is 7.79. The zero-order valence-corrected chi connectivity index (χ0v) is 17.9. The van der Waals surface area contributed by atoms with E-state index in [2.05, 4.69) is 26.2 Å². The Labute approximate surface area is 172 Å². The van der Waals surface area contributed by atoms with Crippen LogP contribution < -0.4 is 5.32 Å². The van der Waals surface area contributed by atoms with Gasteiger partial charge in [-0.25, -0.2) is 17.8 Å². The molecule has 0 bridgehead atoms. The first-order valence-corrected chi connectivity index (χ1v) is 12.0. The van der Waals surface area contributed by atoms with Crippen LogP contribution in [0.4, 0.5) is 9.52 Å². The number of thiazole rings is 1. The van der Waals surface area contributed by atoms with E-state index in [4.69, 9.17) is 0 Å². The van der Waals surface area contributed by atoms with E-state index < -0.39 is 15.7 Å². The van der Waals surface area contributed by atoms with Crippen molar-refractivity contribution in [1.82, 2.24) is 4.98 Å². The lowest BCUT2D eigenvalue weighted by Gasteiger charge is -2.05. The number of nitrogens with zero attached hydrogens (tertiary/aromatic N) is 1. The van der Waals surface area contributed by atoms with Crippen LogP contribution in [-0.2, 0) is 14.6 Å². The summed E-state index contributed by atoms with van der Waals surface area (Å²) in [6, 6.07) is 8.53. The summed E-state index contributed by atoms with van der Waals surface area (Å²) in [6.07, 6.45) is 0.224. The molecule has 0 fully saturated rings. The van der Waals surface area contributed by atoms with E-state index in [1.54, 1.807) is 11.3 Å². The van der Waals surface area contributed by atoms with Crippen LogP contribution in [0.3, 0.4) is 0 Å². The fraction of sp³-hybridized carbons (Fsp3) is 0.176. The highest BCUT2D eigenvalue weighted by atomic mass is 79.9. The Hall–Kier alpha value is -1.62. The van der Waals surface area contributed by atoms with Gasteiger partial charge in [0.05, 0.1) is 25.0 Å². The fourth-order valence-electron chi connectivity index (χ4n) is 2.26. The number of hydrogen-bond acceptors (Lipinski definition) is 6. The molecule has 0 radical (unpaired) electrons. The number of rotatable bonds is 7. The molecule has 1 aromatic carbocycles. The number of benzene rings is 1. The quantitative estimate of drug-likeness (QED) is 0.476. The van der Waals surface area contributed by atoms with E-state index in [9.17, 15) is 17.6 Å². The zero-order valence-electron chi connectivity index (χ0n) is 13.8. The maximum absolute atomic E-state index is 12.9. The van der Waals surface area contributed by atoms with Gasteiger partial charge in [-0.3, -0.25) is 4.79 Å². The molecule has 0 unspecified atom stereocenters. The molecule has 0 aliphatic heterocycles. The van der Waals surface area contributed by atoms with Crippen molar-refractivity contribution in [3.63, 3.8) is 0 Å². The van der Waals surface area contributed by atoms with E-state index in [1.807, 2.05) is 17.5 Å². The van der Waals surface area contributed by atoms with E-state index in [0.29, 0.717) is 5.13 Å². The lowest BCUT2D eigenvalue weighted by molar-refractivity contribution is -0.116. The summed E-state index contributed by atoms with van der Waals surface area (Å²) in [4.78, 5) is 17.4. The molecule has 0 atom stereocenters. The van der Waals surface area contributed by atoms with Crippen molar-refractivity contribution in [2.24, 2.45) is 0 Å². The van der Waals surface area contributed by atoms with Gasteiger partial charge in [0.15, 0.2) is 15.0 Å². The molecule has 0 aliphatic rings. The Morgan fingerprint density at radius 3 is 2.59 bits per heavy atom. The summed E-state index contributed by atoms with van der Waals surface area (Å²) >= 11 is 6.26. The fourth-order valence-corrected chi connectivity index (χ4v) is 5.72. The van der Waals surface area contributed by atoms with E-state index in [0.717, 1.165) is 26.5 Å². The summed E-state index contributed by atoms with van der Waals surface area (Å²) in [5, 5.41) is 5.02. The Morgan fingerprint density at radius 1 is 1.19 bits per heavy atom. The highest BCUT2D eigenvalue weighted by molar-refractivity contribution is 9.11. The Morgan fingerprint density at radius 2 is 1.93 bits per heavy atom. The van der Waals surface area contributed by atoms with Crippen LogP contribution >= 0.6 is 38.6 Å². The average Bonchev–Trinajstić information content (AvgIpc) is 3.24. The summed E-state index contributed by atoms with van der Waals surface area (Å²) in [6.45, 7) is 0. The predicted octanol–water partition coefficient (Wildman–Crippen LogP) is 4.97. The zero-order chi connectivity index (χ0) is 19.4. The molecule has 10 heteroatoms. The molecule has 0 aliphatic carbocycles. The van der Waals surface area contributed by atoms with Crippen LogP contribution in [0, 0.1) is 5.82 Å². The van der Waals surface area contributed by atoms with Crippen LogP contribution in [-0.4, -0.2) is 25.1 Å². The van der Waals surface area contributed by atoms with Gasteiger partial charge in [0.25, 0.3) is 0 Å². The van der Waals surface area contributed by atoms with E-state index in [1.165, 1.54) is 23.5 Å². The van der Waals surface area contributed by atoms with Crippen molar-refractivity contribution in [2.75, 3.05) is 11.1 Å². The Bertz CT molecular complexity index is 1050. The minimum absolute atomic E-state index is 0.0518. The van der Waals surface area contributed by atoms with Crippen molar-refractivity contribution >= 4 is 59.5 Å². The number of carbonyl (C=O) groups excluding carboxylic acids is 1. The summed E-state index contributed by atoms with van der Waals surface area (Å²) in [5.41, 5.74) is 0.782. The van der Waals surface area contributed by atoms with Gasteiger partial charge in [0.1, 0.15) is 5.82 Å². The number of hydrogen-bond donors (Lipinski definition) is 1. The monoisotopic (exact) mass is 488 g/mol. The van der Waals surface area contributed by atoms with Gasteiger partial charge in [-0.05, 0) is 58.7 Å². The van der Waals surface area contributed by atoms with Crippen molar-refractivity contribution in [3.8, 4) is 10.6 Å². The van der Waals surface area contributed by atoms with Gasteiger partial charge < -0.3 is 5.32 Å². The number of aromatic nitrogens is 1. The minimum Gasteiger partial charge on any atom is -0.302 e. The second-order valence-corrected chi connectivity index (χ2v) is 11.0. The highest BCUT2D eigenvalue weighted by Crippen LogP contribution is 2.33. The molecule has 3 aromatic rings. The number of thiophene rings is 1. The number of carbonyl (C=O) groups is 1. The standard InChI is InChI=1S/C17H14BrFN2O3S3/c18-15-8-7-14(26-15)13-10-25-17(20-13)21-16(22)2-1-9-27(23,24)12-5-3-11(19)4-6-12/h3-8,10H,1-2,9H2,(H,20,21,22). The average molecular weight is 489 g/mol. The molecular formula is C17H14BrFN2O3S3. The Balaban J connectivity index is 1.51. The van der Waals surface area contributed by atoms with Crippen molar-refractivity contribution in [2.45, 2.75) is 17.7 Å². The first kappa shape index (κ1) is 20.1. The third kappa shape index (κ3) is 5.44. The lowest BCUT2D eigenvalue weighted by Crippen LogP contribution is -2.14. The maximum Gasteiger partial charge on any atom is 0.226 e. The van der Waals surface area contributed by atoms with Crippen LogP contribution in [0.1, 0.15) is 12.8 Å². The van der Waals surface area contributed by atoms with E-state index >= 15 is 0 Å². The normalized spacial score (nSPS) is 11.5. The molecule has 27 heavy (non-hydrogen) atoms. The van der Waals surface area contributed by atoms with Gasteiger partial charge in [0, 0.05) is 11.8 Å². The largest absolute Gasteiger partial charge is 0.302 e.